The second-order valence-electron chi connectivity index (χ2n) is 11.0. The molecule has 222 valence electrons. The topological polar surface area (TPSA) is 104 Å². The summed E-state index contributed by atoms with van der Waals surface area (Å²) in [5.74, 6) is 2.38. The molecule has 1 fully saturated rings. The first kappa shape index (κ1) is 28.8. The lowest BCUT2D eigenvalue weighted by Gasteiger charge is -2.33. The van der Waals surface area contributed by atoms with Crippen LogP contribution in [0.1, 0.15) is 28.6 Å². The fourth-order valence-corrected chi connectivity index (χ4v) is 6.69. The predicted octanol–water partition coefficient (Wildman–Crippen LogP) is 4.84. The molecule has 0 spiro atoms. The van der Waals surface area contributed by atoms with Crippen molar-refractivity contribution in [3.8, 4) is 11.5 Å². The number of rotatable bonds is 7. The zero-order valence-corrected chi connectivity index (χ0v) is 25.5. The Balaban J connectivity index is 1.11. The molecule has 0 saturated carbocycles. The van der Waals surface area contributed by atoms with Crippen LogP contribution in [0, 0.1) is 13.8 Å². The average Bonchev–Trinajstić information content (AvgIpc) is 3.38. The van der Waals surface area contributed by atoms with Gasteiger partial charge in [0.1, 0.15) is 28.5 Å². The first-order valence-electron chi connectivity index (χ1n) is 14.5. The first-order valence-corrected chi connectivity index (χ1v) is 15.3. The van der Waals surface area contributed by atoms with Gasteiger partial charge in [-0.2, -0.15) is 0 Å². The second-order valence-corrected chi connectivity index (χ2v) is 12.1. The highest BCUT2D eigenvalue weighted by atomic mass is 32.1. The van der Waals surface area contributed by atoms with E-state index in [-0.39, 0.29) is 11.8 Å². The molecule has 10 nitrogen and oxygen atoms in total. The van der Waals surface area contributed by atoms with E-state index in [0.717, 1.165) is 76.2 Å². The lowest BCUT2D eigenvalue weighted by atomic mass is 10.0. The molecule has 5 heterocycles. The van der Waals surface area contributed by atoms with Crippen molar-refractivity contribution in [2.45, 2.75) is 33.7 Å². The fourth-order valence-electron chi connectivity index (χ4n) is 5.48. The summed E-state index contributed by atoms with van der Waals surface area (Å²) < 4.78 is 6.03. The van der Waals surface area contributed by atoms with E-state index in [9.17, 15) is 9.59 Å². The van der Waals surface area contributed by atoms with E-state index >= 15 is 0 Å². The molecule has 3 aromatic heterocycles. The van der Waals surface area contributed by atoms with Crippen molar-refractivity contribution >= 4 is 44.9 Å². The first-order chi connectivity index (χ1) is 20.8. The monoisotopic (exact) mass is 597 g/mol. The SMILES string of the molecule is CC(=O)N1CCN(C/C=C/C(=O)N2CCc3c(sc4ncnc(Nc5ccc(Oc6ccc(C)nc6)c(C)c5)c34)C2)CC1. The minimum absolute atomic E-state index is 0.0223. The summed E-state index contributed by atoms with van der Waals surface area (Å²) in [7, 11) is 0. The van der Waals surface area contributed by atoms with Crippen molar-refractivity contribution in [1.29, 1.82) is 0 Å². The van der Waals surface area contributed by atoms with E-state index in [2.05, 4.69) is 25.2 Å². The van der Waals surface area contributed by atoms with Gasteiger partial charge in [0, 0.05) is 68.5 Å². The number of nitrogens with zero attached hydrogens (tertiary/aromatic N) is 6. The largest absolute Gasteiger partial charge is 0.455 e. The average molecular weight is 598 g/mol. The van der Waals surface area contributed by atoms with Gasteiger partial charge in [0.25, 0.3) is 0 Å². The van der Waals surface area contributed by atoms with E-state index in [1.807, 2.05) is 60.1 Å². The number of carbonyl (C=O) groups excluding carboxylic acids is 2. The number of aromatic nitrogens is 3. The number of fused-ring (bicyclic) bond motifs is 3. The molecule has 43 heavy (non-hydrogen) atoms. The van der Waals surface area contributed by atoms with Crippen molar-refractivity contribution in [1.82, 2.24) is 29.7 Å². The predicted molar refractivity (Wildman–Crippen MR) is 168 cm³/mol. The molecule has 0 atom stereocenters. The van der Waals surface area contributed by atoms with Crippen LogP contribution in [0.3, 0.4) is 0 Å². The molecule has 2 aliphatic heterocycles. The van der Waals surface area contributed by atoms with E-state index in [1.54, 1.807) is 36.9 Å². The zero-order valence-electron chi connectivity index (χ0n) is 24.7. The summed E-state index contributed by atoms with van der Waals surface area (Å²) in [5.41, 5.74) is 4.05. The van der Waals surface area contributed by atoms with E-state index in [0.29, 0.717) is 25.4 Å². The smallest absolute Gasteiger partial charge is 0.246 e. The maximum absolute atomic E-state index is 13.0. The number of nitrogens with one attached hydrogen (secondary N) is 1. The summed E-state index contributed by atoms with van der Waals surface area (Å²) in [4.78, 5) is 46.1. The molecule has 0 unspecified atom stereocenters. The molecule has 1 aromatic carbocycles. The summed E-state index contributed by atoms with van der Waals surface area (Å²) >= 11 is 1.63. The van der Waals surface area contributed by atoms with Crippen LogP contribution in [0.15, 0.2) is 55.0 Å². The molecule has 2 aliphatic rings. The Kier molecular flexibility index (Phi) is 8.35. The van der Waals surface area contributed by atoms with Gasteiger partial charge in [-0.1, -0.05) is 6.08 Å². The number of hydrogen-bond donors (Lipinski definition) is 1. The Labute approximate surface area is 255 Å². The van der Waals surface area contributed by atoms with E-state index in [1.165, 1.54) is 5.56 Å². The summed E-state index contributed by atoms with van der Waals surface area (Å²) in [5, 5.41) is 4.52. The standard InChI is InChI=1S/C32H35N7O3S/c1-21-17-24(7-9-27(21)42-25-8-6-22(2)33-18-25)36-31-30-26-10-12-39(19-28(26)43-32(30)35-20-34-31)29(41)5-4-11-37-13-15-38(16-14-37)23(3)40/h4-9,17-18,20H,10-16,19H2,1-3H3,(H,34,35,36)/b5-4+. The number of thiophene rings is 1. The molecule has 6 rings (SSSR count). The maximum Gasteiger partial charge on any atom is 0.246 e. The van der Waals surface area contributed by atoms with Crippen LogP contribution in [0.25, 0.3) is 10.2 Å². The van der Waals surface area contributed by atoms with Crippen molar-refractivity contribution in [3.63, 3.8) is 0 Å². The van der Waals surface area contributed by atoms with Gasteiger partial charge < -0.3 is 19.9 Å². The Morgan fingerprint density at radius 2 is 1.86 bits per heavy atom. The molecule has 1 N–H and O–H groups in total. The van der Waals surface area contributed by atoms with Crippen LogP contribution in [0.4, 0.5) is 11.5 Å². The third-order valence-corrected chi connectivity index (χ3v) is 9.06. The van der Waals surface area contributed by atoms with E-state index < -0.39 is 0 Å². The van der Waals surface area contributed by atoms with Gasteiger partial charge in [-0.05, 0) is 61.7 Å². The molecule has 0 bridgehead atoms. The fraction of sp³-hybridized carbons (Fsp3) is 0.344. The van der Waals surface area contributed by atoms with Gasteiger partial charge in [-0.3, -0.25) is 19.5 Å². The number of aryl methyl sites for hydroxylation is 2. The summed E-state index contributed by atoms with van der Waals surface area (Å²) in [6, 6.07) is 9.81. The third-order valence-electron chi connectivity index (χ3n) is 7.94. The quantitative estimate of drug-likeness (QED) is 0.302. The number of anilines is 2. The van der Waals surface area contributed by atoms with Crippen LogP contribution >= 0.6 is 11.3 Å². The van der Waals surface area contributed by atoms with Crippen molar-refractivity contribution < 1.29 is 14.3 Å². The van der Waals surface area contributed by atoms with Crippen LogP contribution in [0.2, 0.25) is 0 Å². The number of carbonyl (C=O) groups is 2. The molecule has 0 aliphatic carbocycles. The molecule has 0 radical (unpaired) electrons. The zero-order chi connectivity index (χ0) is 29.9. The van der Waals surface area contributed by atoms with E-state index in [4.69, 9.17) is 4.74 Å². The minimum atomic E-state index is 0.0223. The van der Waals surface area contributed by atoms with Crippen LogP contribution in [-0.2, 0) is 22.6 Å². The molecule has 1 saturated heterocycles. The van der Waals surface area contributed by atoms with Crippen LogP contribution < -0.4 is 10.1 Å². The third kappa shape index (κ3) is 6.52. The Morgan fingerprint density at radius 1 is 1.02 bits per heavy atom. The molecular formula is C32H35N7O3S. The minimum Gasteiger partial charge on any atom is -0.455 e. The van der Waals surface area contributed by atoms with Crippen molar-refractivity contribution in [2.75, 3.05) is 44.6 Å². The van der Waals surface area contributed by atoms with Crippen molar-refractivity contribution in [2.24, 2.45) is 0 Å². The van der Waals surface area contributed by atoms with Gasteiger partial charge in [-0.25, -0.2) is 9.97 Å². The Bertz CT molecular complexity index is 1680. The van der Waals surface area contributed by atoms with Crippen LogP contribution in [0.5, 0.6) is 11.5 Å². The maximum atomic E-state index is 13.0. The second kappa shape index (κ2) is 12.5. The summed E-state index contributed by atoms with van der Waals surface area (Å²) in [6.45, 7) is 10.6. The highest BCUT2D eigenvalue weighted by molar-refractivity contribution is 7.19. The van der Waals surface area contributed by atoms with Gasteiger partial charge >= 0.3 is 0 Å². The van der Waals surface area contributed by atoms with Gasteiger partial charge in [0.15, 0.2) is 0 Å². The number of piperazine rings is 1. The highest BCUT2D eigenvalue weighted by Crippen LogP contribution is 2.38. The van der Waals surface area contributed by atoms with Crippen LogP contribution in [-0.4, -0.2) is 80.7 Å². The highest BCUT2D eigenvalue weighted by Gasteiger charge is 2.26. The van der Waals surface area contributed by atoms with Gasteiger partial charge in [-0.15, -0.1) is 11.3 Å². The lowest BCUT2D eigenvalue weighted by Crippen LogP contribution is -2.47. The number of benzene rings is 1. The number of ether oxygens (including phenoxy) is 1. The van der Waals surface area contributed by atoms with Crippen molar-refractivity contribution in [3.05, 3.63) is 76.7 Å². The number of hydrogen-bond acceptors (Lipinski definition) is 9. The van der Waals surface area contributed by atoms with Gasteiger partial charge in [0.05, 0.1) is 18.1 Å². The summed E-state index contributed by atoms with van der Waals surface area (Å²) in [6.07, 6.45) is 7.69. The lowest BCUT2D eigenvalue weighted by molar-refractivity contribution is -0.130. The number of pyridine rings is 1. The normalized spacial score (nSPS) is 15.6. The number of amides is 2. The Morgan fingerprint density at radius 3 is 2.60 bits per heavy atom. The molecule has 2 amide bonds. The molecule has 4 aromatic rings. The Hall–Kier alpha value is -4.35. The van der Waals surface area contributed by atoms with Gasteiger partial charge in [0.2, 0.25) is 11.8 Å². The molecule has 11 heteroatoms. The molecular weight excluding hydrogens is 562 g/mol.